The minimum Gasteiger partial charge on any atom is -0.463 e. The van der Waals surface area contributed by atoms with E-state index in [1.807, 2.05) is 38.2 Å². The molecule has 10 heteroatoms. The van der Waals surface area contributed by atoms with Crippen molar-refractivity contribution < 1.29 is 14.2 Å². The van der Waals surface area contributed by atoms with Gasteiger partial charge in [-0.05, 0) is 39.2 Å². The summed E-state index contributed by atoms with van der Waals surface area (Å²) in [5, 5.41) is 5.46. The number of rotatable bonds is 8. The van der Waals surface area contributed by atoms with Gasteiger partial charge in [-0.2, -0.15) is 20.1 Å². The zero-order valence-corrected chi connectivity index (χ0v) is 19.7. The highest BCUT2D eigenvalue weighted by molar-refractivity contribution is 5.99. The lowest BCUT2D eigenvalue weighted by atomic mass is 10.1. The van der Waals surface area contributed by atoms with Gasteiger partial charge in [-0.1, -0.05) is 18.2 Å². The standard InChI is InChI=1S/C24H31N7O3/c1-24(2)33-16-18(34-24)10-13-32-23-28-21(27-22(29-23)31-11-6-3-7-12-31)30-26-15-17-14-25-20-9-5-4-8-19(17)20/h4-5,8-9,14-15,18,25H,3,6-7,10-13,16H2,1-2H3,(H,27,28,29,30)/b26-15+. The molecule has 2 N–H and O–H groups in total. The third-order valence-electron chi connectivity index (χ3n) is 5.97. The average Bonchev–Trinajstić information content (AvgIpc) is 3.42. The van der Waals surface area contributed by atoms with Crippen molar-refractivity contribution in [2.75, 3.05) is 36.6 Å². The van der Waals surface area contributed by atoms with Gasteiger partial charge in [-0.15, -0.1) is 0 Å². The number of fused-ring (bicyclic) bond motifs is 1. The maximum absolute atomic E-state index is 5.90. The predicted octanol–water partition coefficient (Wildman–Crippen LogP) is 3.71. The fraction of sp³-hybridized carbons (Fsp3) is 0.500. The van der Waals surface area contributed by atoms with Gasteiger partial charge in [0.05, 0.1) is 25.5 Å². The molecule has 0 bridgehead atoms. The molecule has 2 saturated heterocycles. The van der Waals surface area contributed by atoms with Crippen LogP contribution in [0, 0.1) is 0 Å². The monoisotopic (exact) mass is 465 g/mol. The van der Waals surface area contributed by atoms with Crippen molar-refractivity contribution in [2.45, 2.75) is 51.4 Å². The molecule has 34 heavy (non-hydrogen) atoms. The molecule has 1 unspecified atom stereocenters. The highest BCUT2D eigenvalue weighted by Crippen LogP contribution is 2.24. The van der Waals surface area contributed by atoms with E-state index in [0.717, 1.165) is 42.4 Å². The van der Waals surface area contributed by atoms with E-state index >= 15 is 0 Å². The Balaban J connectivity index is 1.28. The molecule has 0 aliphatic carbocycles. The van der Waals surface area contributed by atoms with E-state index in [-0.39, 0.29) is 12.1 Å². The van der Waals surface area contributed by atoms with Crippen LogP contribution in [-0.2, 0) is 9.47 Å². The SMILES string of the molecule is CC1(C)OCC(CCOc2nc(N/N=C/c3c[nH]c4ccccc34)nc(N3CCCCC3)n2)O1. The molecule has 1 atom stereocenters. The predicted molar refractivity (Wildman–Crippen MR) is 130 cm³/mol. The summed E-state index contributed by atoms with van der Waals surface area (Å²) in [5.74, 6) is 0.415. The molecule has 2 aliphatic rings. The second kappa shape index (κ2) is 9.94. The van der Waals surface area contributed by atoms with Crippen molar-refractivity contribution in [3.8, 4) is 6.01 Å². The molecule has 0 amide bonds. The summed E-state index contributed by atoms with van der Waals surface area (Å²) in [6.45, 7) is 6.65. The van der Waals surface area contributed by atoms with E-state index in [1.165, 1.54) is 6.42 Å². The van der Waals surface area contributed by atoms with E-state index in [9.17, 15) is 0 Å². The summed E-state index contributed by atoms with van der Waals surface area (Å²) < 4.78 is 17.4. The largest absolute Gasteiger partial charge is 0.463 e. The van der Waals surface area contributed by atoms with Crippen molar-refractivity contribution >= 4 is 29.0 Å². The normalized spacial score (nSPS) is 20.3. The van der Waals surface area contributed by atoms with Crippen molar-refractivity contribution in [3.63, 3.8) is 0 Å². The summed E-state index contributed by atoms with van der Waals surface area (Å²) >= 11 is 0. The van der Waals surface area contributed by atoms with E-state index in [0.29, 0.717) is 31.5 Å². The third-order valence-corrected chi connectivity index (χ3v) is 5.97. The first-order valence-electron chi connectivity index (χ1n) is 11.9. The number of H-pyrrole nitrogens is 1. The molecule has 2 aliphatic heterocycles. The summed E-state index contributed by atoms with van der Waals surface area (Å²) in [4.78, 5) is 19.0. The van der Waals surface area contributed by atoms with E-state index < -0.39 is 5.79 Å². The molecule has 180 valence electrons. The molecule has 10 nitrogen and oxygen atoms in total. The van der Waals surface area contributed by atoms with E-state index in [4.69, 9.17) is 14.2 Å². The zero-order valence-electron chi connectivity index (χ0n) is 19.7. The molecule has 2 aromatic heterocycles. The molecule has 4 heterocycles. The van der Waals surface area contributed by atoms with Gasteiger partial charge in [0.15, 0.2) is 5.79 Å². The molecule has 2 fully saturated rings. The number of hydrogen-bond donors (Lipinski definition) is 2. The highest BCUT2D eigenvalue weighted by atomic mass is 16.7. The minimum absolute atomic E-state index is 0.00299. The number of aromatic amines is 1. The Bertz CT molecular complexity index is 1140. The van der Waals surface area contributed by atoms with Crippen LogP contribution < -0.4 is 15.1 Å². The maximum Gasteiger partial charge on any atom is 0.323 e. The first-order chi connectivity index (χ1) is 16.6. The quantitative estimate of drug-likeness (QED) is 0.383. The summed E-state index contributed by atoms with van der Waals surface area (Å²) in [6, 6.07) is 8.37. The molecular formula is C24H31N7O3. The van der Waals surface area contributed by atoms with Gasteiger partial charge in [-0.3, -0.25) is 0 Å². The highest BCUT2D eigenvalue weighted by Gasteiger charge is 2.32. The van der Waals surface area contributed by atoms with Gasteiger partial charge in [0.2, 0.25) is 5.95 Å². The van der Waals surface area contributed by atoms with Crippen LogP contribution in [-0.4, -0.2) is 64.3 Å². The molecule has 0 radical (unpaired) electrons. The number of benzene rings is 1. The number of piperidine rings is 1. The molecule has 0 spiro atoms. The molecular weight excluding hydrogens is 434 g/mol. The molecule has 5 rings (SSSR count). The average molecular weight is 466 g/mol. The number of hydrogen-bond acceptors (Lipinski definition) is 9. The third kappa shape index (κ3) is 5.45. The Labute approximate surface area is 198 Å². The van der Waals surface area contributed by atoms with Crippen LogP contribution in [0.25, 0.3) is 10.9 Å². The lowest BCUT2D eigenvalue weighted by molar-refractivity contribution is -0.139. The molecule has 3 aromatic rings. The second-order valence-corrected chi connectivity index (χ2v) is 9.04. The second-order valence-electron chi connectivity index (χ2n) is 9.04. The van der Waals surface area contributed by atoms with Gasteiger partial charge in [0.1, 0.15) is 0 Å². The number of nitrogens with one attached hydrogen (secondary N) is 2. The number of nitrogens with zero attached hydrogens (tertiary/aromatic N) is 5. The fourth-order valence-corrected chi connectivity index (χ4v) is 4.24. The Morgan fingerprint density at radius 3 is 2.88 bits per heavy atom. The van der Waals surface area contributed by atoms with Gasteiger partial charge in [-0.25, -0.2) is 5.43 Å². The lowest BCUT2D eigenvalue weighted by Gasteiger charge is -2.26. The number of para-hydroxylation sites is 1. The summed E-state index contributed by atoms with van der Waals surface area (Å²) in [5.41, 5.74) is 4.99. The molecule has 1 aromatic carbocycles. The van der Waals surface area contributed by atoms with Gasteiger partial charge < -0.3 is 24.1 Å². The van der Waals surface area contributed by atoms with Gasteiger partial charge in [0.25, 0.3) is 5.95 Å². The van der Waals surface area contributed by atoms with E-state index in [2.05, 4.69) is 41.4 Å². The van der Waals surface area contributed by atoms with Gasteiger partial charge >= 0.3 is 6.01 Å². The number of ether oxygens (including phenoxy) is 3. The topological polar surface area (TPSA) is 110 Å². The first-order valence-corrected chi connectivity index (χ1v) is 11.9. The van der Waals surface area contributed by atoms with Crippen LogP contribution in [0.5, 0.6) is 6.01 Å². The molecule has 0 saturated carbocycles. The van der Waals surface area contributed by atoms with Crippen molar-refractivity contribution in [2.24, 2.45) is 5.10 Å². The Hall–Kier alpha value is -3.24. The van der Waals surface area contributed by atoms with Crippen LogP contribution in [0.1, 0.15) is 45.1 Å². The lowest BCUT2D eigenvalue weighted by Crippen LogP contribution is -2.31. The number of hydrazone groups is 1. The van der Waals surface area contributed by atoms with Crippen molar-refractivity contribution in [1.82, 2.24) is 19.9 Å². The van der Waals surface area contributed by atoms with Crippen molar-refractivity contribution in [3.05, 3.63) is 36.0 Å². The smallest absolute Gasteiger partial charge is 0.323 e. The number of anilines is 2. The van der Waals surface area contributed by atoms with Crippen molar-refractivity contribution in [1.29, 1.82) is 0 Å². The minimum atomic E-state index is -0.543. The zero-order chi connectivity index (χ0) is 23.4. The van der Waals surface area contributed by atoms with Gasteiger partial charge in [0, 0.05) is 42.2 Å². The van der Waals surface area contributed by atoms with Crippen LogP contribution in [0.15, 0.2) is 35.6 Å². The van der Waals surface area contributed by atoms with Crippen LogP contribution in [0.3, 0.4) is 0 Å². The fourth-order valence-electron chi connectivity index (χ4n) is 4.24. The number of aromatic nitrogens is 4. The van der Waals surface area contributed by atoms with Crippen LogP contribution in [0.4, 0.5) is 11.9 Å². The Morgan fingerprint density at radius 2 is 2.06 bits per heavy atom. The Kier molecular flexibility index (Phi) is 6.59. The van der Waals surface area contributed by atoms with E-state index in [1.54, 1.807) is 6.21 Å². The van der Waals surface area contributed by atoms with Crippen LogP contribution >= 0.6 is 0 Å². The summed E-state index contributed by atoms with van der Waals surface area (Å²) in [6.07, 6.45) is 7.84. The van der Waals surface area contributed by atoms with Crippen LogP contribution in [0.2, 0.25) is 0 Å². The first kappa shape index (κ1) is 22.5. The maximum atomic E-state index is 5.90. The Morgan fingerprint density at radius 1 is 1.21 bits per heavy atom. The summed E-state index contributed by atoms with van der Waals surface area (Å²) in [7, 11) is 0.